The van der Waals surface area contributed by atoms with Crippen molar-refractivity contribution in [3.63, 3.8) is 0 Å². The lowest BCUT2D eigenvalue weighted by atomic mass is 10.2. The Morgan fingerprint density at radius 2 is 1.47 bits per heavy atom. The van der Waals surface area contributed by atoms with Crippen molar-refractivity contribution in [2.24, 2.45) is 0 Å². The van der Waals surface area contributed by atoms with Gasteiger partial charge in [0.15, 0.2) is 0 Å². The normalized spacial score (nSPS) is 15.5. The van der Waals surface area contributed by atoms with Gasteiger partial charge in [0.1, 0.15) is 0 Å². The number of rotatable bonds is 6. The monoisotopic (exact) mass is 317 g/mol. The SMILES string of the molecule is COC(=O)[C@H](OS(=O)(=O)O)[C@H](C(=O)OC)[P+](C)(C)C. The average molecular weight is 317 g/mol. The quantitative estimate of drug-likeness (QED) is 0.406. The largest absolute Gasteiger partial charge is 0.467 e. The molecule has 0 aromatic rings. The molecule has 0 unspecified atom stereocenters. The lowest BCUT2D eigenvalue weighted by Gasteiger charge is -2.26. The van der Waals surface area contributed by atoms with Crippen LogP contribution in [-0.2, 0) is 33.6 Å². The molecule has 0 fully saturated rings. The third-order valence-corrected chi connectivity index (χ3v) is 4.82. The molecule has 0 radical (unpaired) electrons. The summed E-state index contributed by atoms with van der Waals surface area (Å²) in [5.74, 6) is -1.89. The topological polar surface area (TPSA) is 116 Å². The Morgan fingerprint density at radius 1 is 1.05 bits per heavy atom. The van der Waals surface area contributed by atoms with Gasteiger partial charge in [-0.1, -0.05) is 0 Å². The molecule has 0 heterocycles. The molecule has 0 aromatic carbocycles. The minimum absolute atomic E-state index is 0.806. The molecule has 0 amide bonds. The molecular formula is C9H18O8PS+. The standard InChI is InChI=1S/C9H17O8PS/c1-15-8(10)6(17-19(12,13)14)7(9(11)16-2)18(3,4)5/h6-7H,1-5H3/p+1/t6-,7-/m1/s1. The summed E-state index contributed by atoms with van der Waals surface area (Å²) in [5.41, 5.74) is -1.16. The van der Waals surface area contributed by atoms with Crippen molar-refractivity contribution >= 4 is 29.6 Å². The van der Waals surface area contributed by atoms with Gasteiger partial charge in [0.05, 0.1) is 14.2 Å². The summed E-state index contributed by atoms with van der Waals surface area (Å²) in [6.45, 7) is 5.08. The van der Waals surface area contributed by atoms with Crippen LogP contribution in [0.3, 0.4) is 0 Å². The van der Waals surface area contributed by atoms with Crippen molar-refractivity contribution < 1.29 is 36.2 Å². The van der Waals surface area contributed by atoms with Gasteiger partial charge in [0.25, 0.3) is 0 Å². The van der Waals surface area contributed by atoms with Crippen LogP contribution in [0.25, 0.3) is 0 Å². The Bertz CT molecular complexity index is 438. The van der Waals surface area contributed by atoms with Crippen molar-refractivity contribution in [1.29, 1.82) is 0 Å². The molecule has 1 N–H and O–H groups in total. The Balaban J connectivity index is 5.63. The van der Waals surface area contributed by atoms with Gasteiger partial charge in [-0.3, -0.25) is 4.55 Å². The first-order valence-electron chi connectivity index (χ1n) is 5.06. The van der Waals surface area contributed by atoms with Crippen molar-refractivity contribution in [2.45, 2.75) is 11.8 Å². The molecule has 10 heteroatoms. The molecule has 0 aliphatic carbocycles. The molecule has 0 rings (SSSR count). The number of methoxy groups -OCH3 is 2. The predicted octanol–water partition coefficient (Wildman–Crippen LogP) is -0.204. The summed E-state index contributed by atoms with van der Waals surface area (Å²) in [6, 6.07) is 0. The van der Waals surface area contributed by atoms with Crippen molar-refractivity contribution in [3.05, 3.63) is 0 Å². The van der Waals surface area contributed by atoms with E-state index in [0.29, 0.717) is 0 Å². The summed E-state index contributed by atoms with van der Waals surface area (Å²) < 4.78 is 43.5. The second-order valence-electron chi connectivity index (χ2n) is 4.55. The van der Waals surface area contributed by atoms with E-state index < -0.39 is 41.4 Å². The molecule has 2 atom stereocenters. The Labute approximate surface area is 112 Å². The van der Waals surface area contributed by atoms with Crippen LogP contribution < -0.4 is 0 Å². The van der Waals surface area contributed by atoms with Crippen LogP contribution in [0.5, 0.6) is 0 Å². The summed E-state index contributed by atoms with van der Waals surface area (Å²) in [4.78, 5) is 23.3. The molecule has 8 nitrogen and oxygen atoms in total. The van der Waals surface area contributed by atoms with Crippen LogP contribution in [0.4, 0.5) is 0 Å². The highest BCUT2D eigenvalue weighted by molar-refractivity contribution is 7.81. The molecule has 0 saturated heterocycles. The number of hydrogen-bond acceptors (Lipinski definition) is 7. The first kappa shape index (κ1) is 18.2. The number of hydrogen-bond donors (Lipinski definition) is 1. The van der Waals surface area contributed by atoms with Crippen LogP contribution in [0.15, 0.2) is 0 Å². The van der Waals surface area contributed by atoms with Gasteiger partial charge in [-0.25, -0.2) is 13.8 Å². The maximum absolute atomic E-state index is 11.7. The number of esters is 2. The second-order valence-corrected chi connectivity index (χ2v) is 10.4. The van der Waals surface area contributed by atoms with E-state index in [2.05, 4.69) is 13.7 Å². The van der Waals surface area contributed by atoms with Crippen LogP contribution in [0.2, 0.25) is 0 Å². The fourth-order valence-corrected chi connectivity index (χ4v) is 3.70. The molecule has 19 heavy (non-hydrogen) atoms. The first-order valence-corrected chi connectivity index (χ1v) is 9.63. The maximum atomic E-state index is 11.7. The van der Waals surface area contributed by atoms with Gasteiger partial charge < -0.3 is 9.47 Å². The van der Waals surface area contributed by atoms with Crippen molar-refractivity contribution in [2.75, 3.05) is 34.2 Å². The van der Waals surface area contributed by atoms with Crippen LogP contribution in [0.1, 0.15) is 0 Å². The highest BCUT2D eigenvalue weighted by Gasteiger charge is 2.51. The number of carbonyl (C=O) groups is 2. The molecule has 0 aliphatic heterocycles. The zero-order valence-corrected chi connectivity index (χ0v) is 13.0. The van der Waals surface area contributed by atoms with E-state index >= 15 is 0 Å². The van der Waals surface area contributed by atoms with Crippen LogP contribution in [0, 0.1) is 0 Å². The van der Waals surface area contributed by atoms with Crippen molar-refractivity contribution in [3.8, 4) is 0 Å². The number of ether oxygens (including phenoxy) is 2. The fraction of sp³-hybridized carbons (Fsp3) is 0.778. The third kappa shape index (κ3) is 5.82. The summed E-state index contributed by atoms with van der Waals surface area (Å²) in [6.07, 6.45) is -1.78. The lowest BCUT2D eigenvalue weighted by Crippen LogP contribution is -2.45. The van der Waals surface area contributed by atoms with E-state index in [1.54, 1.807) is 20.0 Å². The van der Waals surface area contributed by atoms with Gasteiger partial charge in [0.2, 0.25) is 11.8 Å². The van der Waals surface area contributed by atoms with E-state index in [1.807, 2.05) is 0 Å². The first-order chi connectivity index (χ1) is 8.44. The third-order valence-electron chi connectivity index (χ3n) is 2.22. The van der Waals surface area contributed by atoms with Crippen LogP contribution >= 0.6 is 7.26 Å². The van der Waals surface area contributed by atoms with E-state index in [0.717, 1.165) is 14.2 Å². The highest BCUT2D eigenvalue weighted by Crippen LogP contribution is 2.54. The minimum Gasteiger partial charge on any atom is -0.467 e. The van der Waals surface area contributed by atoms with Crippen LogP contribution in [-0.4, -0.2) is 70.9 Å². The van der Waals surface area contributed by atoms with Gasteiger partial charge in [-0.05, 0) is 0 Å². The second kappa shape index (κ2) is 6.60. The molecular weight excluding hydrogens is 299 g/mol. The molecule has 112 valence electrons. The van der Waals surface area contributed by atoms with E-state index in [1.165, 1.54) is 0 Å². The number of carbonyl (C=O) groups excluding carboxylic acids is 2. The highest BCUT2D eigenvalue weighted by atomic mass is 32.3. The Hall–Kier alpha value is -0.760. The average Bonchev–Trinajstić information content (AvgIpc) is 2.23. The fourth-order valence-electron chi connectivity index (χ4n) is 1.43. The summed E-state index contributed by atoms with van der Waals surface area (Å²) >= 11 is 0. The van der Waals surface area contributed by atoms with Gasteiger partial charge in [0, 0.05) is 27.3 Å². The summed E-state index contributed by atoms with van der Waals surface area (Å²) in [5, 5.41) is 0. The molecule has 0 bridgehead atoms. The van der Waals surface area contributed by atoms with Gasteiger partial charge >= 0.3 is 22.3 Å². The Kier molecular flexibility index (Phi) is 6.34. The Morgan fingerprint density at radius 3 is 1.74 bits per heavy atom. The zero-order valence-electron chi connectivity index (χ0n) is 11.3. The lowest BCUT2D eigenvalue weighted by molar-refractivity contribution is -0.154. The van der Waals surface area contributed by atoms with E-state index in [-0.39, 0.29) is 0 Å². The van der Waals surface area contributed by atoms with E-state index in [9.17, 15) is 18.0 Å². The minimum atomic E-state index is -4.92. The molecule has 0 aromatic heterocycles. The van der Waals surface area contributed by atoms with Gasteiger partial charge in [-0.15, -0.1) is 0 Å². The van der Waals surface area contributed by atoms with E-state index in [4.69, 9.17) is 4.55 Å². The smallest absolute Gasteiger partial charge is 0.398 e. The zero-order chi connectivity index (χ0) is 15.4. The van der Waals surface area contributed by atoms with Gasteiger partial charge in [-0.2, -0.15) is 8.42 Å². The maximum Gasteiger partial charge on any atom is 0.398 e. The molecule has 0 spiro atoms. The molecule has 0 aliphatic rings. The predicted molar refractivity (Wildman–Crippen MR) is 68.9 cm³/mol. The summed E-state index contributed by atoms with van der Waals surface area (Å²) in [7, 11) is -4.88. The molecule has 0 saturated carbocycles. The van der Waals surface area contributed by atoms with Crippen molar-refractivity contribution in [1.82, 2.24) is 0 Å².